The van der Waals surface area contributed by atoms with Gasteiger partial charge in [-0.25, -0.2) is 0 Å². The summed E-state index contributed by atoms with van der Waals surface area (Å²) in [6.45, 7) is 6.67. The summed E-state index contributed by atoms with van der Waals surface area (Å²) in [4.78, 5) is 25.6. The number of hydrogen-bond donors (Lipinski definition) is 2. The molecule has 0 unspecified atom stereocenters. The second kappa shape index (κ2) is 10.4. The van der Waals surface area contributed by atoms with Crippen LogP contribution in [-0.2, 0) is 11.3 Å². The van der Waals surface area contributed by atoms with Crippen molar-refractivity contribution in [2.45, 2.75) is 33.2 Å². The van der Waals surface area contributed by atoms with Crippen molar-refractivity contribution >= 4 is 17.9 Å². The summed E-state index contributed by atoms with van der Waals surface area (Å²) in [5, 5.41) is 5.68. The van der Waals surface area contributed by atoms with E-state index < -0.39 is 0 Å². The van der Waals surface area contributed by atoms with Gasteiger partial charge >= 0.3 is 0 Å². The summed E-state index contributed by atoms with van der Waals surface area (Å²) in [6, 6.07) is 24.8. The molecule has 2 amide bonds. The number of carbonyl (C=O) groups excluding carboxylic acids is 2. The highest BCUT2D eigenvalue weighted by Crippen LogP contribution is 2.16. The topological polar surface area (TPSA) is 58.2 Å². The molecule has 0 aromatic heterocycles. The van der Waals surface area contributed by atoms with E-state index in [-0.39, 0.29) is 17.5 Å². The van der Waals surface area contributed by atoms with Crippen molar-refractivity contribution in [1.82, 2.24) is 10.6 Å². The number of nitrogens with one attached hydrogen (secondary N) is 2. The van der Waals surface area contributed by atoms with Gasteiger partial charge in [0.2, 0.25) is 0 Å². The Balaban J connectivity index is 1.80. The van der Waals surface area contributed by atoms with Crippen molar-refractivity contribution in [2.75, 3.05) is 0 Å². The van der Waals surface area contributed by atoms with E-state index in [1.165, 1.54) is 5.56 Å². The molecule has 158 valence electrons. The normalized spacial score (nSPS) is 11.3. The van der Waals surface area contributed by atoms with Crippen LogP contribution in [0, 0.1) is 6.92 Å². The molecule has 0 bridgehead atoms. The average molecular weight is 413 g/mol. The minimum atomic E-state index is -0.335. The molecule has 0 atom stereocenters. The van der Waals surface area contributed by atoms with Crippen molar-refractivity contribution in [1.29, 1.82) is 0 Å². The summed E-state index contributed by atoms with van der Waals surface area (Å²) >= 11 is 0. The molecule has 4 nitrogen and oxygen atoms in total. The third-order valence-electron chi connectivity index (χ3n) is 5.02. The Bertz CT molecular complexity index is 1050. The van der Waals surface area contributed by atoms with Gasteiger partial charge < -0.3 is 10.6 Å². The number of amides is 2. The molecule has 0 fully saturated rings. The van der Waals surface area contributed by atoms with Crippen LogP contribution < -0.4 is 10.6 Å². The van der Waals surface area contributed by atoms with Gasteiger partial charge in [-0.05, 0) is 47.7 Å². The Hall–Kier alpha value is -3.66. The van der Waals surface area contributed by atoms with Crippen LogP contribution in [0.4, 0.5) is 0 Å². The van der Waals surface area contributed by atoms with Gasteiger partial charge in [0.25, 0.3) is 11.8 Å². The van der Waals surface area contributed by atoms with E-state index in [4.69, 9.17) is 0 Å². The highest BCUT2D eigenvalue weighted by Gasteiger charge is 2.14. The summed E-state index contributed by atoms with van der Waals surface area (Å²) in [7, 11) is 0. The molecule has 0 heterocycles. The van der Waals surface area contributed by atoms with Gasteiger partial charge in [-0.15, -0.1) is 0 Å². The smallest absolute Gasteiger partial charge is 0.268 e. The van der Waals surface area contributed by atoms with Gasteiger partial charge in [0.1, 0.15) is 5.70 Å². The SMILES string of the molecule is Cc1ccc(CNC(=O)/C(=C/c2ccc(C(C)C)cc2)NC(=O)c2ccccc2)cc1. The van der Waals surface area contributed by atoms with E-state index in [0.717, 1.165) is 16.7 Å². The van der Waals surface area contributed by atoms with Crippen molar-refractivity contribution in [3.8, 4) is 0 Å². The highest BCUT2D eigenvalue weighted by molar-refractivity contribution is 6.05. The summed E-state index contributed by atoms with van der Waals surface area (Å²) < 4.78 is 0. The van der Waals surface area contributed by atoms with E-state index in [0.29, 0.717) is 18.0 Å². The lowest BCUT2D eigenvalue weighted by Gasteiger charge is -2.12. The standard InChI is InChI=1S/C27H28N2O2/c1-19(2)23-15-13-21(14-16-23)17-25(29-26(30)24-7-5-4-6-8-24)27(31)28-18-22-11-9-20(3)10-12-22/h4-17,19H,18H2,1-3H3,(H,28,31)(H,29,30)/b25-17-. The zero-order valence-corrected chi connectivity index (χ0v) is 18.2. The predicted molar refractivity (Wildman–Crippen MR) is 125 cm³/mol. The van der Waals surface area contributed by atoms with Crippen molar-refractivity contribution in [3.05, 3.63) is 112 Å². The fourth-order valence-electron chi connectivity index (χ4n) is 3.07. The molecule has 0 saturated carbocycles. The van der Waals surface area contributed by atoms with Gasteiger partial charge in [0.05, 0.1) is 0 Å². The maximum atomic E-state index is 12.9. The molecule has 0 radical (unpaired) electrons. The number of benzene rings is 3. The molecule has 3 aromatic carbocycles. The average Bonchev–Trinajstić information content (AvgIpc) is 2.79. The molecule has 4 heteroatoms. The Kier molecular flexibility index (Phi) is 7.39. The first kappa shape index (κ1) is 22.0. The molecule has 0 aliphatic heterocycles. The lowest BCUT2D eigenvalue weighted by atomic mass is 10.0. The van der Waals surface area contributed by atoms with Crippen LogP contribution in [0.5, 0.6) is 0 Å². The van der Waals surface area contributed by atoms with Crippen molar-refractivity contribution in [3.63, 3.8) is 0 Å². The van der Waals surface area contributed by atoms with E-state index >= 15 is 0 Å². The van der Waals surface area contributed by atoms with Gasteiger partial charge in [0, 0.05) is 12.1 Å². The van der Waals surface area contributed by atoms with Crippen LogP contribution >= 0.6 is 0 Å². The fraction of sp³-hybridized carbons (Fsp3) is 0.185. The van der Waals surface area contributed by atoms with Crippen LogP contribution in [0.3, 0.4) is 0 Å². The molecule has 0 aliphatic rings. The highest BCUT2D eigenvalue weighted by atomic mass is 16.2. The van der Waals surface area contributed by atoms with E-state index in [1.807, 2.05) is 61.5 Å². The molecule has 3 rings (SSSR count). The molecule has 31 heavy (non-hydrogen) atoms. The van der Waals surface area contributed by atoms with Gasteiger partial charge in [-0.3, -0.25) is 9.59 Å². The molecular formula is C27H28N2O2. The zero-order chi connectivity index (χ0) is 22.2. The first-order valence-electron chi connectivity index (χ1n) is 10.4. The van der Waals surface area contributed by atoms with Gasteiger partial charge in [-0.1, -0.05) is 86.1 Å². The van der Waals surface area contributed by atoms with E-state index in [2.05, 4.69) is 24.5 Å². The minimum absolute atomic E-state index is 0.207. The van der Waals surface area contributed by atoms with E-state index in [1.54, 1.807) is 30.3 Å². The molecule has 2 N–H and O–H groups in total. The summed E-state index contributed by atoms with van der Waals surface area (Å²) in [5.74, 6) is -0.234. The molecule has 0 aliphatic carbocycles. The maximum Gasteiger partial charge on any atom is 0.268 e. The number of rotatable bonds is 7. The van der Waals surface area contributed by atoms with Crippen LogP contribution in [0.2, 0.25) is 0 Å². The molecule has 0 saturated heterocycles. The Morgan fingerprint density at radius 3 is 2.13 bits per heavy atom. The fourth-order valence-corrected chi connectivity index (χ4v) is 3.07. The summed E-state index contributed by atoms with van der Waals surface area (Å²) in [6.07, 6.45) is 1.70. The Morgan fingerprint density at radius 1 is 0.871 bits per heavy atom. The Morgan fingerprint density at radius 2 is 1.52 bits per heavy atom. The number of aryl methyl sites for hydroxylation is 1. The van der Waals surface area contributed by atoms with Gasteiger partial charge in [0.15, 0.2) is 0 Å². The number of hydrogen-bond acceptors (Lipinski definition) is 2. The largest absolute Gasteiger partial charge is 0.347 e. The lowest BCUT2D eigenvalue weighted by Crippen LogP contribution is -2.34. The lowest BCUT2D eigenvalue weighted by molar-refractivity contribution is -0.117. The summed E-state index contributed by atoms with van der Waals surface area (Å²) in [5.41, 5.74) is 4.92. The first-order valence-corrected chi connectivity index (χ1v) is 10.4. The maximum absolute atomic E-state index is 12.9. The quantitative estimate of drug-likeness (QED) is 0.524. The second-order valence-corrected chi connectivity index (χ2v) is 7.87. The van der Waals surface area contributed by atoms with Gasteiger partial charge in [-0.2, -0.15) is 0 Å². The van der Waals surface area contributed by atoms with Crippen molar-refractivity contribution in [2.24, 2.45) is 0 Å². The van der Waals surface area contributed by atoms with Crippen molar-refractivity contribution < 1.29 is 9.59 Å². The molecular weight excluding hydrogens is 384 g/mol. The van der Waals surface area contributed by atoms with Crippen LogP contribution in [0.1, 0.15) is 52.4 Å². The predicted octanol–water partition coefficient (Wildman–Crippen LogP) is 5.21. The third kappa shape index (κ3) is 6.41. The van der Waals surface area contributed by atoms with Crippen LogP contribution in [0.25, 0.3) is 6.08 Å². The Labute approximate surface area is 184 Å². The van der Waals surface area contributed by atoms with Crippen LogP contribution in [-0.4, -0.2) is 11.8 Å². The van der Waals surface area contributed by atoms with E-state index in [9.17, 15) is 9.59 Å². The monoisotopic (exact) mass is 412 g/mol. The van der Waals surface area contributed by atoms with Crippen LogP contribution in [0.15, 0.2) is 84.6 Å². The third-order valence-corrected chi connectivity index (χ3v) is 5.02. The number of carbonyl (C=O) groups is 2. The second-order valence-electron chi connectivity index (χ2n) is 7.87. The molecule has 0 spiro atoms. The minimum Gasteiger partial charge on any atom is -0.347 e. The zero-order valence-electron chi connectivity index (χ0n) is 18.2. The molecule has 3 aromatic rings. The first-order chi connectivity index (χ1) is 14.9.